The van der Waals surface area contributed by atoms with Crippen molar-refractivity contribution in [3.05, 3.63) is 255 Å². The van der Waals surface area contributed by atoms with E-state index in [9.17, 15) is 0 Å². The van der Waals surface area contributed by atoms with Gasteiger partial charge in [0.15, 0.2) is 11.2 Å². The highest BCUT2D eigenvalue weighted by Crippen LogP contribution is 2.51. The molecule has 0 atom stereocenters. The van der Waals surface area contributed by atoms with Crippen LogP contribution < -0.4 is 9.80 Å². The van der Waals surface area contributed by atoms with Crippen LogP contribution in [0.5, 0.6) is 0 Å². The Labute approximate surface area is 435 Å². The normalized spacial score (nSPS) is 11.9. The number of hydrogen-bond acceptors (Lipinski definition) is 6. The molecule has 0 saturated heterocycles. The van der Waals surface area contributed by atoms with E-state index in [2.05, 4.69) is 240 Å². The Morgan fingerprint density at radius 2 is 0.579 bits per heavy atom. The van der Waals surface area contributed by atoms with E-state index in [-0.39, 0.29) is 0 Å². The summed E-state index contributed by atoms with van der Waals surface area (Å²) in [5, 5.41) is 10.5. The van der Waals surface area contributed by atoms with Gasteiger partial charge in [0, 0.05) is 77.7 Å². The molecule has 356 valence electrons. The number of anilines is 6. The average Bonchev–Trinajstić information content (AvgIpc) is 4.29. The van der Waals surface area contributed by atoms with Crippen LogP contribution in [0, 0.1) is 0 Å². The predicted molar refractivity (Wildman–Crippen MR) is 313 cm³/mol. The fraction of sp³-hybridized carbons (Fsp3) is 0. The molecule has 0 radical (unpaired) electrons. The van der Waals surface area contributed by atoms with E-state index in [4.69, 9.17) is 17.7 Å². The minimum atomic E-state index is 0.792. The van der Waals surface area contributed by atoms with Crippen LogP contribution in [0.4, 0.5) is 34.1 Å². The van der Waals surface area contributed by atoms with Gasteiger partial charge in [0.2, 0.25) is 0 Å². The lowest BCUT2D eigenvalue weighted by molar-refractivity contribution is 0.667. The summed E-state index contributed by atoms with van der Waals surface area (Å²) in [7, 11) is 0. The van der Waals surface area contributed by atoms with Crippen LogP contribution in [0.3, 0.4) is 0 Å². The Kier molecular flexibility index (Phi) is 9.23. The van der Waals surface area contributed by atoms with Crippen molar-refractivity contribution < 1.29 is 17.7 Å². The van der Waals surface area contributed by atoms with Gasteiger partial charge in [0.25, 0.3) is 0 Å². The number of hydrogen-bond donors (Lipinski definition) is 0. The van der Waals surface area contributed by atoms with Crippen LogP contribution in [0.1, 0.15) is 0 Å². The van der Waals surface area contributed by atoms with Gasteiger partial charge in [-0.15, -0.1) is 0 Å². The second-order valence-electron chi connectivity index (χ2n) is 19.6. The Bertz CT molecular complexity index is 4620. The third kappa shape index (κ3) is 6.54. The summed E-state index contributed by atoms with van der Waals surface area (Å²) in [6, 6.07) is 89.4. The average molecular weight is 975 g/mol. The monoisotopic (exact) mass is 974 g/mol. The second-order valence-corrected chi connectivity index (χ2v) is 19.6. The van der Waals surface area contributed by atoms with E-state index in [1.165, 1.54) is 0 Å². The highest BCUT2D eigenvalue weighted by atomic mass is 16.3. The second kappa shape index (κ2) is 16.6. The van der Waals surface area contributed by atoms with Crippen molar-refractivity contribution in [2.24, 2.45) is 0 Å². The van der Waals surface area contributed by atoms with E-state index < -0.39 is 0 Å². The molecule has 0 amide bonds. The van der Waals surface area contributed by atoms with Gasteiger partial charge in [-0.3, -0.25) is 0 Å². The fourth-order valence-corrected chi connectivity index (χ4v) is 11.7. The maximum atomic E-state index is 6.89. The van der Waals surface area contributed by atoms with Gasteiger partial charge in [-0.05, 0) is 119 Å². The van der Waals surface area contributed by atoms with Crippen LogP contribution >= 0.6 is 0 Å². The molecule has 4 aromatic heterocycles. The molecule has 4 heterocycles. The first-order chi connectivity index (χ1) is 37.7. The van der Waals surface area contributed by atoms with Crippen molar-refractivity contribution in [2.75, 3.05) is 9.80 Å². The lowest BCUT2D eigenvalue weighted by Crippen LogP contribution is -2.11. The van der Waals surface area contributed by atoms with Crippen LogP contribution in [-0.2, 0) is 0 Å². The van der Waals surface area contributed by atoms with E-state index >= 15 is 0 Å². The van der Waals surface area contributed by atoms with Crippen molar-refractivity contribution in [2.45, 2.75) is 0 Å². The molecule has 6 nitrogen and oxygen atoms in total. The van der Waals surface area contributed by atoms with Crippen molar-refractivity contribution in [1.82, 2.24) is 0 Å². The van der Waals surface area contributed by atoms with Gasteiger partial charge in [-0.25, -0.2) is 0 Å². The molecule has 0 aliphatic rings. The SMILES string of the molecule is c1ccc(-c2ccc3c(oc4ccccc43)c2N(c2ccccc2)c2ccc3c(c2)oc2cc4cc5c(cc4cc23)oc2cc(N(c3ccccc3)c3c(-c4ccccc4)ccc4c3oc3ccccc34)ccc25)cc1. The summed E-state index contributed by atoms with van der Waals surface area (Å²) in [6.07, 6.45) is 0. The van der Waals surface area contributed by atoms with Gasteiger partial charge in [0.1, 0.15) is 33.5 Å². The van der Waals surface area contributed by atoms with E-state index in [1.54, 1.807) is 0 Å². The molecule has 0 spiro atoms. The van der Waals surface area contributed by atoms with Gasteiger partial charge in [0.05, 0.1) is 22.7 Å². The van der Waals surface area contributed by atoms with Crippen molar-refractivity contribution in [3.63, 3.8) is 0 Å². The maximum Gasteiger partial charge on any atom is 0.160 e. The Morgan fingerprint density at radius 1 is 0.224 bits per heavy atom. The molecule has 0 unspecified atom stereocenters. The van der Waals surface area contributed by atoms with Gasteiger partial charge >= 0.3 is 0 Å². The number of para-hydroxylation sites is 4. The van der Waals surface area contributed by atoms with E-state index in [0.29, 0.717) is 0 Å². The largest absolute Gasteiger partial charge is 0.456 e. The molecular formula is C70H42N2O4. The molecule has 0 aliphatic carbocycles. The first-order valence-electron chi connectivity index (χ1n) is 25.6. The first-order valence-corrected chi connectivity index (χ1v) is 25.6. The summed E-state index contributed by atoms with van der Waals surface area (Å²) in [6.45, 7) is 0. The third-order valence-corrected chi connectivity index (χ3v) is 15.2. The number of nitrogens with zero attached hydrogens (tertiary/aromatic N) is 2. The number of fused-ring (bicyclic) bond motifs is 13. The summed E-state index contributed by atoms with van der Waals surface area (Å²) in [4.78, 5) is 4.61. The zero-order chi connectivity index (χ0) is 49.8. The third-order valence-electron chi connectivity index (χ3n) is 15.2. The lowest BCUT2D eigenvalue weighted by Gasteiger charge is -2.28. The first kappa shape index (κ1) is 42.2. The molecule has 16 rings (SSSR count). The lowest BCUT2D eigenvalue weighted by atomic mass is 9.99. The van der Waals surface area contributed by atoms with E-state index in [0.717, 1.165) is 155 Å². The molecule has 6 heteroatoms. The minimum absolute atomic E-state index is 0.792. The molecule has 0 bridgehead atoms. The molecule has 0 N–H and O–H groups in total. The highest BCUT2D eigenvalue weighted by Gasteiger charge is 2.27. The van der Waals surface area contributed by atoms with Gasteiger partial charge in [-0.1, -0.05) is 146 Å². The predicted octanol–water partition coefficient (Wildman–Crippen LogP) is 20.7. The molecule has 76 heavy (non-hydrogen) atoms. The smallest absolute Gasteiger partial charge is 0.160 e. The highest BCUT2D eigenvalue weighted by molar-refractivity contribution is 6.18. The van der Waals surface area contributed by atoms with Crippen LogP contribution in [0.2, 0.25) is 0 Å². The molecule has 0 fully saturated rings. The van der Waals surface area contributed by atoms with Crippen LogP contribution in [0.25, 0.3) is 121 Å². The number of benzene rings is 12. The number of furan rings is 4. The molecule has 0 aliphatic heterocycles. The summed E-state index contributed by atoms with van der Waals surface area (Å²) in [5.74, 6) is 0. The van der Waals surface area contributed by atoms with Crippen molar-refractivity contribution >= 4 is 133 Å². The van der Waals surface area contributed by atoms with Crippen LogP contribution in [0.15, 0.2) is 272 Å². The Hall–Kier alpha value is -10.3. The van der Waals surface area contributed by atoms with Gasteiger partial charge in [-0.2, -0.15) is 0 Å². The van der Waals surface area contributed by atoms with Crippen molar-refractivity contribution in [1.29, 1.82) is 0 Å². The summed E-state index contributed by atoms with van der Waals surface area (Å²) >= 11 is 0. The zero-order valence-corrected chi connectivity index (χ0v) is 40.8. The number of rotatable bonds is 8. The molecule has 0 saturated carbocycles. The standard InChI is InChI=1S/C70H42N2O4/c1-5-17-43(18-6-1)51-33-35-57-53-25-13-15-27-61(53)75-69(57)67(51)71(47-21-9-3-10-22-47)49-29-31-55-59-37-45-40-64-60(38-46(45)39-63(59)73-65(55)41-49)56-32-30-50(42-66(56)74-64)72(48-23-11-4-12-24-48)68-52(44-19-7-2-8-20-44)34-36-58-54-26-14-16-28-62(54)76-70(58)68/h1-42H. The fourth-order valence-electron chi connectivity index (χ4n) is 11.7. The minimum Gasteiger partial charge on any atom is -0.456 e. The maximum absolute atomic E-state index is 6.89. The molecule has 16 aromatic rings. The molecule has 12 aromatic carbocycles. The van der Waals surface area contributed by atoms with E-state index in [1.807, 2.05) is 24.3 Å². The summed E-state index contributed by atoms with van der Waals surface area (Å²) in [5.41, 5.74) is 16.7. The van der Waals surface area contributed by atoms with Crippen LogP contribution in [-0.4, -0.2) is 0 Å². The topological polar surface area (TPSA) is 59.0 Å². The van der Waals surface area contributed by atoms with Gasteiger partial charge < -0.3 is 27.5 Å². The Balaban J connectivity index is 0.838. The Morgan fingerprint density at radius 3 is 1.01 bits per heavy atom. The quantitative estimate of drug-likeness (QED) is 0.151. The van der Waals surface area contributed by atoms with Crippen molar-refractivity contribution in [3.8, 4) is 22.3 Å². The summed E-state index contributed by atoms with van der Waals surface area (Å²) < 4.78 is 27.4. The molecular weight excluding hydrogens is 933 g/mol. The zero-order valence-electron chi connectivity index (χ0n) is 40.8.